The number of nitrogens with one attached hydrogen (secondary N) is 1. The highest BCUT2D eigenvalue weighted by atomic mass is 32.2. The molecule has 0 aromatic carbocycles. The zero-order valence-electron chi connectivity index (χ0n) is 11.0. The Balaban J connectivity index is 2.72. The fourth-order valence-corrected chi connectivity index (χ4v) is 3.28. The van der Waals surface area contributed by atoms with E-state index in [1.807, 2.05) is 0 Å². The van der Waals surface area contributed by atoms with Gasteiger partial charge in [-0.3, -0.25) is 4.68 Å². The molecule has 1 aromatic rings. The highest BCUT2D eigenvalue weighted by Crippen LogP contribution is 2.18. The summed E-state index contributed by atoms with van der Waals surface area (Å²) in [7, 11) is -1.74. The number of unbranched alkanes of at least 4 members (excludes halogenated alkanes) is 2. The van der Waals surface area contributed by atoms with Gasteiger partial charge in [0, 0.05) is 20.0 Å². The largest absolute Gasteiger partial charge is 0.271 e. The summed E-state index contributed by atoms with van der Waals surface area (Å²) in [5.41, 5.74) is 1.16. The first-order valence-corrected chi connectivity index (χ1v) is 7.31. The summed E-state index contributed by atoms with van der Waals surface area (Å²) in [5.74, 6) is 2.53. The molecule has 1 aromatic heterocycles. The maximum absolute atomic E-state index is 12.1. The lowest BCUT2D eigenvalue weighted by Gasteiger charge is -2.06. The Labute approximate surface area is 109 Å². The second-order valence-electron chi connectivity index (χ2n) is 4.18. The SMILES string of the molecule is C#CCCCCNS(=O)(=O)c1c(C)nn(C)c1C. The van der Waals surface area contributed by atoms with E-state index < -0.39 is 10.0 Å². The molecule has 0 aliphatic heterocycles. The quantitative estimate of drug-likeness (QED) is 0.622. The van der Waals surface area contributed by atoms with Crippen LogP contribution in [0.5, 0.6) is 0 Å². The molecule has 0 saturated heterocycles. The van der Waals surface area contributed by atoms with Crippen molar-refractivity contribution in [3.63, 3.8) is 0 Å². The van der Waals surface area contributed by atoms with Gasteiger partial charge < -0.3 is 0 Å². The monoisotopic (exact) mass is 269 g/mol. The van der Waals surface area contributed by atoms with Crippen molar-refractivity contribution in [1.82, 2.24) is 14.5 Å². The third kappa shape index (κ3) is 3.34. The highest BCUT2D eigenvalue weighted by Gasteiger charge is 2.22. The normalized spacial score (nSPS) is 11.4. The van der Waals surface area contributed by atoms with Crippen LogP contribution in [0.25, 0.3) is 0 Å². The first-order valence-electron chi connectivity index (χ1n) is 5.83. The van der Waals surface area contributed by atoms with Gasteiger partial charge in [0.05, 0.1) is 11.4 Å². The number of rotatable bonds is 6. The van der Waals surface area contributed by atoms with E-state index >= 15 is 0 Å². The summed E-state index contributed by atoms with van der Waals surface area (Å²) in [5, 5.41) is 4.11. The van der Waals surface area contributed by atoms with Crippen LogP contribution in [-0.4, -0.2) is 24.7 Å². The van der Waals surface area contributed by atoms with Crippen molar-refractivity contribution in [2.45, 2.75) is 38.0 Å². The Kier molecular flexibility index (Phi) is 4.93. The molecule has 0 atom stereocenters. The minimum atomic E-state index is -3.47. The maximum atomic E-state index is 12.1. The van der Waals surface area contributed by atoms with Gasteiger partial charge in [-0.15, -0.1) is 12.3 Å². The molecular formula is C12H19N3O2S. The predicted octanol–water partition coefficient (Wildman–Crippen LogP) is 1.12. The number of hydrogen-bond acceptors (Lipinski definition) is 3. The van der Waals surface area contributed by atoms with Crippen molar-refractivity contribution in [2.75, 3.05) is 6.54 Å². The fraction of sp³-hybridized carbons (Fsp3) is 0.583. The second-order valence-corrected chi connectivity index (χ2v) is 5.89. The molecule has 0 bridgehead atoms. The average Bonchev–Trinajstić information content (AvgIpc) is 2.53. The highest BCUT2D eigenvalue weighted by molar-refractivity contribution is 7.89. The molecule has 0 fully saturated rings. The summed E-state index contributed by atoms with van der Waals surface area (Å²) in [6, 6.07) is 0. The van der Waals surface area contributed by atoms with Crippen LogP contribution in [0.3, 0.4) is 0 Å². The van der Waals surface area contributed by atoms with E-state index in [-0.39, 0.29) is 4.90 Å². The second kappa shape index (κ2) is 6.03. The van der Waals surface area contributed by atoms with Crippen LogP contribution < -0.4 is 4.72 Å². The van der Waals surface area contributed by atoms with Crippen molar-refractivity contribution in [2.24, 2.45) is 7.05 Å². The Morgan fingerprint density at radius 3 is 2.56 bits per heavy atom. The molecule has 0 radical (unpaired) electrons. The van der Waals surface area contributed by atoms with Crippen molar-refractivity contribution < 1.29 is 8.42 Å². The first kappa shape index (κ1) is 14.7. The van der Waals surface area contributed by atoms with Crippen molar-refractivity contribution in [1.29, 1.82) is 0 Å². The lowest BCUT2D eigenvalue weighted by Crippen LogP contribution is -2.25. The van der Waals surface area contributed by atoms with Crippen LogP contribution in [0.1, 0.15) is 30.7 Å². The number of aryl methyl sites for hydroxylation is 2. The first-order chi connectivity index (χ1) is 8.40. The molecule has 1 rings (SSSR count). The van der Waals surface area contributed by atoms with Crippen LogP contribution in [-0.2, 0) is 17.1 Å². The molecule has 1 N–H and O–H groups in total. The molecule has 6 heteroatoms. The van der Waals surface area contributed by atoms with Crippen LogP contribution in [0.2, 0.25) is 0 Å². The molecule has 0 aliphatic carbocycles. The van der Waals surface area contributed by atoms with Crippen molar-refractivity contribution in [3.05, 3.63) is 11.4 Å². The molecule has 100 valence electrons. The van der Waals surface area contributed by atoms with E-state index in [4.69, 9.17) is 6.42 Å². The van der Waals surface area contributed by atoms with E-state index in [1.54, 1.807) is 25.6 Å². The van der Waals surface area contributed by atoms with E-state index in [1.165, 1.54) is 0 Å². The number of hydrogen-bond donors (Lipinski definition) is 1. The van der Waals surface area contributed by atoms with Crippen LogP contribution in [0.4, 0.5) is 0 Å². The van der Waals surface area contributed by atoms with E-state index in [9.17, 15) is 8.42 Å². The number of nitrogens with zero attached hydrogens (tertiary/aromatic N) is 2. The maximum Gasteiger partial charge on any atom is 0.244 e. The molecule has 1 heterocycles. The summed E-state index contributed by atoms with van der Waals surface area (Å²) < 4.78 is 28.4. The number of sulfonamides is 1. The molecule has 0 saturated carbocycles. The third-order valence-corrected chi connectivity index (χ3v) is 4.46. The summed E-state index contributed by atoms with van der Waals surface area (Å²) in [4.78, 5) is 0.280. The topological polar surface area (TPSA) is 64.0 Å². The molecule has 0 unspecified atom stereocenters. The minimum Gasteiger partial charge on any atom is -0.271 e. The molecule has 0 aliphatic rings. The lowest BCUT2D eigenvalue weighted by atomic mass is 10.2. The van der Waals surface area contributed by atoms with Crippen LogP contribution in [0.15, 0.2) is 4.90 Å². The summed E-state index contributed by atoms with van der Waals surface area (Å²) >= 11 is 0. The summed E-state index contributed by atoms with van der Waals surface area (Å²) in [6.07, 6.45) is 7.37. The van der Waals surface area contributed by atoms with Crippen LogP contribution >= 0.6 is 0 Å². The Morgan fingerprint density at radius 2 is 2.06 bits per heavy atom. The van der Waals surface area contributed by atoms with E-state index in [2.05, 4.69) is 15.7 Å². The van der Waals surface area contributed by atoms with Gasteiger partial charge in [-0.05, 0) is 26.7 Å². The molecule has 0 spiro atoms. The van der Waals surface area contributed by atoms with Crippen LogP contribution in [0, 0.1) is 26.2 Å². The fourth-order valence-electron chi connectivity index (χ4n) is 1.77. The summed E-state index contributed by atoms with van der Waals surface area (Å²) in [6.45, 7) is 3.84. The van der Waals surface area contributed by atoms with Gasteiger partial charge in [0.2, 0.25) is 10.0 Å². The predicted molar refractivity (Wildman–Crippen MR) is 70.6 cm³/mol. The van der Waals surface area contributed by atoms with Gasteiger partial charge in [-0.25, -0.2) is 13.1 Å². The molecule has 0 amide bonds. The zero-order valence-corrected chi connectivity index (χ0v) is 11.8. The van der Waals surface area contributed by atoms with E-state index in [0.717, 1.165) is 12.8 Å². The van der Waals surface area contributed by atoms with E-state index in [0.29, 0.717) is 24.4 Å². The Hall–Kier alpha value is -1.32. The number of aromatic nitrogens is 2. The van der Waals surface area contributed by atoms with Gasteiger partial charge in [-0.1, -0.05) is 0 Å². The third-order valence-electron chi connectivity index (χ3n) is 2.75. The molecule has 5 nitrogen and oxygen atoms in total. The van der Waals surface area contributed by atoms with Crippen molar-refractivity contribution >= 4 is 10.0 Å². The lowest BCUT2D eigenvalue weighted by molar-refractivity contribution is 0.576. The molecule has 18 heavy (non-hydrogen) atoms. The number of terminal acetylenes is 1. The Morgan fingerprint density at radius 1 is 1.39 bits per heavy atom. The van der Waals surface area contributed by atoms with Gasteiger partial charge in [0.25, 0.3) is 0 Å². The smallest absolute Gasteiger partial charge is 0.244 e. The Bertz CT molecular complexity index is 553. The minimum absolute atomic E-state index is 0.280. The van der Waals surface area contributed by atoms with Gasteiger partial charge in [0.1, 0.15) is 4.90 Å². The standard InChI is InChI=1S/C12H19N3O2S/c1-5-6-7-8-9-13-18(16,17)12-10(2)14-15(4)11(12)3/h1,13H,6-9H2,2-4H3. The molecular weight excluding hydrogens is 250 g/mol. The average molecular weight is 269 g/mol. The van der Waals surface area contributed by atoms with Crippen molar-refractivity contribution in [3.8, 4) is 12.3 Å². The zero-order chi connectivity index (χ0) is 13.8. The van der Waals surface area contributed by atoms with Gasteiger partial charge in [0.15, 0.2) is 0 Å². The van der Waals surface area contributed by atoms with Gasteiger partial charge in [-0.2, -0.15) is 5.10 Å². The van der Waals surface area contributed by atoms with Gasteiger partial charge >= 0.3 is 0 Å².